The minimum Gasteiger partial charge on any atom is -0.465 e. The van der Waals surface area contributed by atoms with Gasteiger partial charge in [0, 0.05) is 20.7 Å². The minimum atomic E-state index is -0.290. The number of fused-ring (bicyclic) bond motifs is 1. The van der Waals surface area contributed by atoms with Gasteiger partial charge in [0.2, 0.25) is 0 Å². The maximum absolute atomic E-state index is 12.6. The van der Waals surface area contributed by atoms with Crippen molar-refractivity contribution in [2.45, 2.75) is 19.1 Å². The molecule has 0 amide bonds. The van der Waals surface area contributed by atoms with Gasteiger partial charge < -0.3 is 10.1 Å². The summed E-state index contributed by atoms with van der Waals surface area (Å²) in [6.07, 6.45) is -0.290. The highest BCUT2D eigenvalue weighted by molar-refractivity contribution is 9.10. The second kappa shape index (κ2) is 9.21. The Morgan fingerprint density at radius 2 is 1.80 bits per heavy atom. The Hall–Kier alpha value is -2.34. The lowest BCUT2D eigenvalue weighted by molar-refractivity contribution is -0.145. The van der Waals surface area contributed by atoms with E-state index in [1.54, 1.807) is 0 Å². The number of anilines is 1. The second-order valence-electron chi connectivity index (χ2n) is 7.09. The lowest BCUT2D eigenvalue weighted by atomic mass is 9.91. The van der Waals surface area contributed by atoms with Crippen molar-refractivity contribution in [3.05, 3.63) is 99.0 Å². The van der Waals surface area contributed by atoms with E-state index in [9.17, 15) is 4.79 Å². The number of nitrogens with zero attached hydrogens (tertiary/aromatic N) is 1. The van der Waals surface area contributed by atoms with Crippen LogP contribution in [0.4, 0.5) is 5.69 Å². The number of ether oxygens (including phenoxy) is 1. The van der Waals surface area contributed by atoms with Crippen molar-refractivity contribution in [1.82, 2.24) is 4.90 Å². The third-order valence-electron chi connectivity index (χ3n) is 5.20. The zero-order chi connectivity index (χ0) is 21.1. The SMILES string of the molecule is CCOC(=O)CN1[C@@H](c2ccccc2)c2cc(Br)ccc2N[C@H]1c1ccccc1Cl. The van der Waals surface area contributed by atoms with E-state index < -0.39 is 0 Å². The minimum absolute atomic E-state index is 0.127. The number of nitrogens with one attached hydrogen (secondary N) is 1. The fourth-order valence-corrected chi connectivity index (χ4v) is 4.56. The summed E-state index contributed by atoms with van der Waals surface area (Å²) in [5.74, 6) is -0.268. The number of carbonyl (C=O) groups excluding carboxylic acids is 1. The van der Waals surface area contributed by atoms with Crippen molar-refractivity contribution in [1.29, 1.82) is 0 Å². The van der Waals surface area contributed by atoms with Crippen molar-refractivity contribution in [3.8, 4) is 0 Å². The Morgan fingerprint density at radius 1 is 1.07 bits per heavy atom. The van der Waals surface area contributed by atoms with Crippen molar-refractivity contribution in [2.75, 3.05) is 18.5 Å². The molecule has 1 aliphatic rings. The van der Waals surface area contributed by atoms with E-state index in [0.717, 1.165) is 26.9 Å². The van der Waals surface area contributed by atoms with Gasteiger partial charge in [-0.15, -0.1) is 0 Å². The maximum atomic E-state index is 12.6. The van der Waals surface area contributed by atoms with Gasteiger partial charge in [-0.1, -0.05) is 76.1 Å². The quantitative estimate of drug-likeness (QED) is 0.438. The number of esters is 1. The van der Waals surface area contributed by atoms with Crippen LogP contribution in [0.3, 0.4) is 0 Å². The normalized spacial score (nSPS) is 18.4. The first-order valence-corrected chi connectivity index (χ1v) is 11.0. The highest BCUT2D eigenvalue weighted by atomic mass is 79.9. The van der Waals surface area contributed by atoms with Crippen LogP contribution in [-0.2, 0) is 9.53 Å². The van der Waals surface area contributed by atoms with Crippen molar-refractivity contribution >= 4 is 39.2 Å². The molecule has 0 saturated heterocycles. The van der Waals surface area contributed by atoms with Crippen LogP contribution in [0.2, 0.25) is 5.02 Å². The van der Waals surface area contributed by atoms with Crippen molar-refractivity contribution < 1.29 is 9.53 Å². The van der Waals surface area contributed by atoms with Crippen molar-refractivity contribution in [2.24, 2.45) is 0 Å². The molecule has 6 heteroatoms. The summed E-state index contributed by atoms with van der Waals surface area (Å²) in [6.45, 7) is 2.29. The molecule has 4 rings (SSSR count). The first kappa shape index (κ1) is 20.9. The molecule has 1 aliphatic heterocycles. The van der Waals surface area contributed by atoms with Gasteiger partial charge in [-0.3, -0.25) is 9.69 Å². The van der Waals surface area contributed by atoms with E-state index in [1.165, 1.54) is 0 Å². The second-order valence-corrected chi connectivity index (χ2v) is 8.41. The van der Waals surface area contributed by atoms with Crippen LogP contribution in [0.25, 0.3) is 0 Å². The average Bonchev–Trinajstić information content (AvgIpc) is 2.74. The summed E-state index contributed by atoms with van der Waals surface area (Å²) in [5.41, 5.74) is 4.11. The molecule has 3 aromatic carbocycles. The number of hydrogen-bond donors (Lipinski definition) is 1. The van der Waals surface area contributed by atoms with Crippen LogP contribution >= 0.6 is 27.5 Å². The zero-order valence-corrected chi connectivity index (χ0v) is 18.9. The van der Waals surface area contributed by atoms with Gasteiger partial charge in [0.15, 0.2) is 0 Å². The van der Waals surface area contributed by atoms with Gasteiger partial charge in [-0.2, -0.15) is 0 Å². The summed E-state index contributed by atoms with van der Waals surface area (Å²) in [7, 11) is 0. The van der Waals surface area contributed by atoms with E-state index in [0.29, 0.717) is 11.6 Å². The lowest BCUT2D eigenvalue weighted by Crippen LogP contribution is -2.44. The van der Waals surface area contributed by atoms with Crippen LogP contribution in [0.15, 0.2) is 77.3 Å². The lowest BCUT2D eigenvalue weighted by Gasteiger charge is -2.44. The largest absolute Gasteiger partial charge is 0.465 e. The molecule has 0 fully saturated rings. The molecule has 1 heterocycles. The summed E-state index contributed by atoms with van der Waals surface area (Å²) in [4.78, 5) is 14.7. The highest BCUT2D eigenvalue weighted by Crippen LogP contribution is 2.45. The van der Waals surface area contributed by atoms with Crippen molar-refractivity contribution in [3.63, 3.8) is 0 Å². The van der Waals surface area contributed by atoms with Gasteiger partial charge in [-0.05, 0) is 42.3 Å². The zero-order valence-electron chi connectivity index (χ0n) is 16.5. The number of benzene rings is 3. The molecule has 3 aromatic rings. The number of rotatable bonds is 5. The van der Waals surface area contributed by atoms with Gasteiger partial charge in [-0.25, -0.2) is 0 Å². The Morgan fingerprint density at radius 3 is 2.53 bits per heavy atom. The molecular formula is C24H22BrClN2O2. The Bertz CT molecular complexity index is 1040. The maximum Gasteiger partial charge on any atom is 0.320 e. The molecule has 0 aliphatic carbocycles. The first-order valence-electron chi connectivity index (χ1n) is 9.85. The smallest absolute Gasteiger partial charge is 0.320 e. The standard InChI is InChI=1S/C24H22BrClN2O2/c1-2-30-22(29)15-28-23(16-8-4-3-5-9-16)19-14-17(25)12-13-21(19)27-24(28)18-10-6-7-11-20(18)26/h3-14,23-24,27H,2,15H2,1H3/t23-,24+/m0/s1. The molecular weight excluding hydrogens is 464 g/mol. The summed E-state index contributed by atoms with van der Waals surface area (Å²) in [5, 5.41) is 4.24. The van der Waals surface area contributed by atoms with Crippen LogP contribution in [0, 0.1) is 0 Å². The Balaban J connectivity index is 1.89. The molecule has 1 N–H and O–H groups in total. The molecule has 154 valence electrons. The van der Waals surface area contributed by atoms with E-state index >= 15 is 0 Å². The van der Waals surface area contributed by atoms with E-state index in [1.807, 2.05) is 55.5 Å². The number of halogens is 2. The predicted molar refractivity (Wildman–Crippen MR) is 124 cm³/mol. The third-order valence-corrected chi connectivity index (χ3v) is 6.03. The first-order chi connectivity index (χ1) is 14.6. The Labute approximate surface area is 189 Å². The molecule has 0 radical (unpaired) electrons. The fourth-order valence-electron chi connectivity index (χ4n) is 3.95. The van der Waals surface area contributed by atoms with Crippen LogP contribution in [-0.4, -0.2) is 24.0 Å². The van der Waals surface area contributed by atoms with Gasteiger partial charge >= 0.3 is 5.97 Å². The molecule has 0 unspecified atom stereocenters. The molecule has 4 nitrogen and oxygen atoms in total. The van der Waals surface area contributed by atoms with Gasteiger partial charge in [0.1, 0.15) is 6.17 Å². The van der Waals surface area contributed by atoms with Gasteiger partial charge in [0.25, 0.3) is 0 Å². The molecule has 30 heavy (non-hydrogen) atoms. The summed E-state index contributed by atoms with van der Waals surface area (Å²) >= 11 is 10.2. The number of carbonyl (C=O) groups is 1. The molecule has 0 spiro atoms. The van der Waals surface area contributed by atoms with E-state index in [4.69, 9.17) is 16.3 Å². The molecule has 0 aromatic heterocycles. The number of hydrogen-bond acceptors (Lipinski definition) is 4. The average molecular weight is 486 g/mol. The van der Waals surface area contributed by atoms with E-state index in [2.05, 4.69) is 50.4 Å². The van der Waals surface area contributed by atoms with Crippen LogP contribution in [0.5, 0.6) is 0 Å². The molecule has 0 saturated carbocycles. The third kappa shape index (κ3) is 4.24. The van der Waals surface area contributed by atoms with Crippen LogP contribution in [0.1, 0.15) is 35.8 Å². The Kier molecular flexibility index (Phi) is 6.42. The summed E-state index contributed by atoms with van der Waals surface area (Å²) in [6, 6.07) is 23.9. The topological polar surface area (TPSA) is 41.6 Å². The molecule has 0 bridgehead atoms. The predicted octanol–water partition coefficient (Wildman–Crippen LogP) is 6.18. The highest BCUT2D eigenvalue weighted by Gasteiger charge is 2.38. The van der Waals surface area contributed by atoms with Gasteiger partial charge in [0.05, 0.1) is 19.2 Å². The summed E-state index contributed by atoms with van der Waals surface area (Å²) < 4.78 is 6.29. The van der Waals surface area contributed by atoms with Crippen LogP contribution < -0.4 is 5.32 Å². The fraction of sp³-hybridized carbons (Fsp3) is 0.208. The molecule has 2 atom stereocenters. The monoisotopic (exact) mass is 484 g/mol. The van der Waals surface area contributed by atoms with E-state index in [-0.39, 0.29) is 24.7 Å².